The van der Waals surface area contributed by atoms with Crippen LogP contribution in [0.2, 0.25) is 5.02 Å². The van der Waals surface area contributed by atoms with Gasteiger partial charge in [-0.25, -0.2) is 0 Å². The maximum atomic E-state index is 5.95. The highest BCUT2D eigenvalue weighted by Crippen LogP contribution is 2.18. The number of benzene rings is 1. The predicted molar refractivity (Wildman–Crippen MR) is 68.7 cm³/mol. The lowest BCUT2D eigenvalue weighted by molar-refractivity contribution is 0.112. The minimum atomic E-state index is 0.366. The van der Waals surface area contributed by atoms with Crippen LogP contribution < -0.4 is 5.73 Å². The summed E-state index contributed by atoms with van der Waals surface area (Å²) in [4.78, 5) is 2.20. The Morgan fingerprint density at radius 1 is 1.44 bits per heavy atom. The minimum Gasteiger partial charge on any atom is -0.399 e. The number of anilines is 1. The molecule has 0 amide bonds. The second-order valence-electron chi connectivity index (χ2n) is 4.11. The van der Waals surface area contributed by atoms with Crippen molar-refractivity contribution in [1.82, 2.24) is 4.90 Å². The molecule has 1 aromatic rings. The van der Waals surface area contributed by atoms with Gasteiger partial charge in [0, 0.05) is 30.4 Å². The maximum absolute atomic E-state index is 5.95. The summed E-state index contributed by atoms with van der Waals surface area (Å²) in [6.45, 7) is 3.65. The predicted octanol–water partition coefficient (Wildman–Crippen LogP) is 2.39. The molecule has 0 spiro atoms. The Hall–Kier alpha value is -0.770. The summed E-state index contributed by atoms with van der Waals surface area (Å²) in [6, 6.07) is 6.00. The summed E-state index contributed by atoms with van der Waals surface area (Å²) in [6.07, 6.45) is 0. The standard InChI is InChI=1S/C12H19ClN2O/c1-9(8-16-3)15(2)7-10-4-11(13)6-12(14)5-10/h4-6,9H,7-8,14H2,1-3H3. The highest BCUT2D eigenvalue weighted by atomic mass is 35.5. The molecule has 90 valence electrons. The monoisotopic (exact) mass is 242 g/mol. The van der Waals surface area contributed by atoms with E-state index in [2.05, 4.69) is 18.9 Å². The first-order valence-corrected chi connectivity index (χ1v) is 5.65. The van der Waals surface area contributed by atoms with Crippen LogP contribution in [0.5, 0.6) is 0 Å². The van der Waals surface area contributed by atoms with Crippen LogP contribution in [0.25, 0.3) is 0 Å². The third kappa shape index (κ3) is 4.00. The summed E-state index contributed by atoms with van der Waals surface area (Å²) in [7, 11) is 3.77. The van der Waals surface area contributed by atoms with Crippen molar-refractivity contribution >= 4 is 17.3 Å². The van der Waals surface area contributed by atoms with E-state index in [-0.39, 0.29) is 0 Å². The quantitative estimate of drug-likeness (QED) is 0.806. The van der Waals surface area contributed by atoms with Gasteiger partial charge in [-0.2, -0.15) is 0 Å². The average Bonchev–Trinajstić information content (AvgIpc) is 2.16. The lowest BCUT2D eigenvalue weighted by Crippen LogP contribution is -2.32. The van der Waals surface area contributed by atoms with Gasteiger partial charge in [-0.1, -0.05) is 11.6 Å². The van der Waals surface area contributed by atoms with E-state index < -0.39 is 0 Å². The zero-order valence-corrected chi connectivity index (χ0v) is 10.8. The fourth-order valence-corrected chi connectivity index (χ4v) is 1.85. The number of ether oxygens (including phenoxy) is 1. The van der Waals surface area contributed by atoms with Gasteiger partial charge in [0.1, 0.15) is 0 Å². The van der Waals surface area contributed by atoms with Crippen LogP contribution >= 0.6 is 11.6 Å². The van der Waals surface area contributed by atoms with E-state index in [9.17, 15) is 0 Å². The van der Waals surface area contributed by atoms with Gasteiger partial charge in [-0.05, 0) is 37.7 Å². The Bertz CT molecular complexity index is 324. The molecule has 4 heteroatoms. The molecule has 1 aromatic carbocycles. The van der Waals surface area contributed by atoms with E-state index in [4.69, 9.17) is 22.1 Å². The van der Waals surface area contributed by atoms with Crippen molar-refractivity contribution in [2.45, 2.75) is 19.5 Å². The topological polar surface area (TPSA) is 38.5 Å². The Balaban J connectivity index is 2.65. The lowest BCUT2D eigenvalue weighted by atomic mass is 10.1. The molecule has 0 aliphatic heterocycles. The van der Waals surface area contributed by atoms with Crippen molar-refractivity contribution in [3.8, 4) is 0 Å². The van der Waals surface area contributed by atoms with Crippen LogP contribution in [0, 0.1) is 0 Å². The van der Waals surface area contributed by atoms with Crippen LogP contribution in [0.15, 0.2) is 18.2 Å². The highest BCUT2D eigenvalue weighted by Gasteiger charge is 2.09. The number of nitrogen functional groups attached to an aromatic ring is 1. The summed E-state index contributed by atoms with van der Waals surface area (Å²) in [5.41, 5.74) is 7.57. The van der Waals surface area contributed by atoms with E-state index in [0.717, 1.165) is 12.1 Å². The summed E-state index contributed by atoms with van der Waals surface area (Å²) >= 11 is 5.95. The number of likely N-dealkylation sites (N-methyl/N-ethyl adjacent to an activating group) is 1. The second-order valence-corrected chi connectivity index (χ2v) is 4.55. The molecule has 2 N–H and O–H groups in total. The molecule has 0 radical (unpaired) electrons. The maximum Gasteiger partial charge on any atom is 0.0615 e. The zero-order chi connectivity index (χ0) is 12.1. The Morgan fingerprint density at radius 2 is 2.12 bits per heavy atom. The van der Waals surface area contributed by atoms with Crippen LogP contribution in [0.4, 0.5) is 5.69 Å². The number of hydrogen-bond donors (Lipinski definition) is 1. The van der Waals surface area contributed by atoms with Crippen molar-refractivity contribution in [1.29, 1.82) is 0 Å². The molecular formula is C12H19ClN2O. The smallest absolute Gasteiger partial charge is 0.0615 e. The number of nitrogens with two attached hydrogens (primary N) is 1. The highest BCUT2D eigenvalue weighted by molar-refractivity contribution is 6.30. The van der Waals surface area contributed by atoms with E-state index in [0.29, 0.717) is 23.4 Å². The van der Waals surface area contributed by atoms with Gasteiger partial charge in [0.2, 0.25) is 0 Å². The van der Waals surface area contributed by atoms with Crippen molar-refractivity contribution in [3.63, 3.8) is 0 Å². The number of hydrogen-bond acceptors (Lipinski definition) is 3. The lowest BCUT2D eigenvalue weighted by Gasteiger charge is -2.24. The molecule has 0 aliphatic rings. The van der Waals surface area contributed by atoms with Crippen LogP contribution in [0.3, 0.4) is 0 Å². The van der Waals surface area contributed by atoms with Crippen molar-refractivity contribution in [2.24, 2.45) is 0 Å². The van der Waals surface area contributed by atoms with Gasteiger partial charge < -0.3 is 10.5 Å². The Kier molecular flexibility index (Phi) is 5.06. The summed E-state index contributed by atoms with van der Waals surface area (Å²) < 4.78 is 5.12. The minimum absolute atomic E-state index is 0.366. The molecule has 1 unspecified atom stereocenters. The Morgan fingerprint density at radius 3 is 2.69 bits per heavy atom. The van der Waals surface area contributed by atoms with Gasteiger partial charge in [-0.15, -0.1) is 0 Å². The first-order valence-electron chi connectivity index (χ1n) is 5.27. The number of rotatable bonds is 5. The average molecular weight is 243 g/mol. The van der Waals surface area contributed by atoms with E-state index >= 15 is 0 Å². The molecule has 16 heavy (non-hydrogen) atoms. The third-order valence-corrected chi connectivity index (χ3v) is 2.79. The van der Waals surface area contributed by atoms with Gasteiger partial charge >= 0.3 is 0 Å². The van der Waals surface area contributed by atoms with Gasteiger partial charge in [0.05, 0.1) is 6.61 Å². The molecule has 0 aromatic heterocycles. The van der Waals surface area contributed by atoms with E-state index in [1.54, 1.807) is 13.2 Å². The van der Waals surface area contributed by atoms with Crippen LogP contribution in [-0.4, -0.2) is 31.7 Å². The van der Waals surface area contributed by atoms with E-state index in [1.165, 1.54) is 0 Å². The summed E-state index contributed by atoms with van der Waals surface area (Å²) in [5.74, 6) is 0. The molecule has 0 aliphatic carbocycles. The van der Waals surface area contributed by atoms with Crippen LogP contribution in [-0.2, 0) is 11.3 Å². The normalized spacial score (nSPS) is 13.1. The van der Waals surface area contributed by atoms with Gasteiger partial charge in [0.25, 0.3) is 0 Å². The molecule has 0 fully saturated rings. The SMILES string of the molecule is COCC(C)N(C)Cc1cc(N)cc(Cl)c1. The molecule has 0 heterocycles. The van der Waals surface area contributed by atoms with Crippen molar-refractivity contribution < 1.29 is 4.74 Å². The first-order chi connectivity index (χ1) is 7.52. The fourth-order valence-electron chi connectivity index (χ4n) is 1.58. The largest absolute Gasteiger partial charge is 0.399 e. The number of nitrogens with zero attached hydrogens (tertiary/aromatic N) is 1. The molecule has 0 saturated carbocycles. The van der Waals surface area contributed by atoms with Crippen molar-refractivity contribution in [2.75, 3.05) is 26.5 Å². The molecule has 0 bridgehead atoms. The molecule has 0 saturated heterocycles. The first kappa shape index (κ1) is 13.3. The number of methoxy groups -OCH3 is 1. The molecule has 1 rings (SSSR count). The Labute approximate surface area is 102 Å². The molecule has 1 atom stereocenters. The van der Waals surface area contributed by atoms with Crippen LogP contribution in [0.1, 0.15) is 12.5 Å². The molecule has 3 nitrogen and oxygen atoms in total. The fraction of sp³-hybridized carbons (Fsp3) is 0.500. The third-order valence-electron chi connectivity index (χ3n) is 2.57. The summed E-state index contributed by atoms with van der Waals surface area (Å²) in [5, 5.41) is 0.683. The number of halogens is 1. The van der Waals surface area contributed by atoms with Gasteiger partial charge in [-0.3, -0.25) is 4.90 Å². The molecular weight excluding hydrogens is 224 g/mol. The second kappa shape index (κ2) is 6.09. The van der Waals surface area contributed by atoms with E-state index in [1.807, 2.05) is 12.1 Å². The van der Waals surface area contributed by atoms with Crippen molar-refractivity contribution in [3.05, 3.63) is 28.8 Å². The van der Waals surface area contributed by atoms with Gasteiger partial charge in [0.15, 0.2) is 0 Å². The zero-order valence-electron chi connectivity index (χ0n) is 10.0.